The normalized spacial score (nSPS) is 12.5. The second-order valence-corrected chi connectivity index (χ2v) is 4.42. The monoisotopic (exact) mass is 218 g/mol. The zero-order chi connectivity index (χ0) is 9.84. The fourth-order valence-corrected chi connectivity index (χ4v) is 1.57. The van der Waals surface area contributed by atoms with Crippen LogP contribution in [0.15, 0.2) is 12.3 Å². The highest BCUT2D eigenvalue weighted by Gasteiger charge is 2.03. The standard InChI is InChI=1S/C8H11ClN2OS/c1-3-13(12)11-7-4-6(2)5-10-8(7)9/h4-5,11H,3H2,1-2H3. The van der Waals surface area contributed by atoms with E-state index in [1.807, 2.05) is 19.9 Å². The second kappa shape index (κ2) is 4.58. The fourth-order valence-electron chi connectivity index (χ4n) is 0.819. The van der Waals surface area contributed by atoms with Crippen LogP contribution in [0.3, 0.4) is 0 Å². The molecule has 1 unspecified atom stereocenters. The summed E-state index contributed by atoms with van der Waals surface area (Å²) < 4.78 is 13.9. The molecule has 1 heterocycles. The molecule has 0 radical (unpaired) electrons. The topological polar surface area (TPSA) is 42.0 Å². The van der Waals surface area contributed by atoms with Crippen molar-refractivity contribution in [2.75, 3.05) is 10.5 Å². The van der Waals surface area contributed by atoms with Gasteiger partial charge in [-0.05, 0) is 18.6 Å². The quantitative estimate of drug-likeness (QED) is 0.790. The molecule has 1 N–H and O–H groups in total. The third-order valence-corrected chi connectivity index (χ3v) is 2.73. The lowest BCUT2D eigenvalue weighted by Gasteiger charge is -2.05. The Morgan fingerprint density at radius 1 is 1.69 bits per heavy atom. The highest BCUT2D eigenvalue weighted by Crippen LogP contribution is 2.19. The molecule has 1 rings (SSSR count). The zero-order valence-corrected chi connectivity index (χ0v) is 9.08. The third kappa shape index (κ3) is 2.97. The van der Waals surface area contributed by atoms with Gasteiger partial charge in [0.1, 0.15) is 11.0 Å². The maximum Gasteiger partial charge on any atom is 0.152 e. The Hall–Kier alpha value is -0.610. The molecule has 1 atom stereocenters. The molecule has 3 nitrogen and oxygen atoms in total. The van der Waals surface area contributed by atoms with Gasteiger partial charge >= 0.3 is 0 Å². The molecule has 0 saturated carbocycles. The maximum absolute atomic E-state index is 11.2. The molecule has 0 bridgehead atoms. The van der Waals surface area contributed by atoms with E-state index in [4.69, 9.17) is 11.6 Å². The number of nitrogens with zero attached hydrogens (tertiary/aromatic N) is 1. The number of anilines is 1. The van der Waals surface area contributed by atoms with Crippen LogP contribution in [0.2, 0.25) is 5.15 Å². The summed E-state index contributed by atoms with van der Waals surface area (Å²) in [6, 6.07) is 1.82. The van der Waals surface area contributed by atoms with Crippen molar-refractivity contribution in [2.24, 2.45) is 0 Å². The molecule has 1 aromatic rings. The third-order valence-electron chi connectivity index (χ3n) is 1.46. The predicted molar refractivity (Wildman–Crippen MR) is 56.3 cm³/mol. The van der Waals surface area contributed by atoms with Gasteiger partial charge in [0.25, 0.3) is 0 Å². The van der Waals surface area contributed by atoms with Crippen molar-refractivity contribution >= 4 is 28.3 Å². The number of aromatic nitrogens is 1. The number of pyridine rings is 1. The molecule has 0 aliphatic heterocycles. The van der Waals surface area contributed by atoms with Crippen LogP contribution in [0.25, 0.3) is 0 Å². The van der Waals surface area contributed by atoms with Gasteiger partial charge < -0.3 is 4.72 Å². The Morgan fingerprint density at radius 3 is 3.00 bits per heavy atom. The summed E-state index contributed by atoms with van der Waals surface area (Å²) in [5.41, 5.74) is 1.61. The molecule has 0 spiro atoms. The van der Waals surface area contributed by atoms with E-state index in [-0.39, 0.29) is 0 Å². The van der Waals surface area contributed by atoms with Gasteiger partial charge in [0.15, 0.2) is 5.15 Å². The maximum atomic E-state index is 11.2. The van der Waals surface area contributed by atoms with E-state index in [1.165, 1.54) is 0 Å². The number of hydrogen-bond acceptors (Lipinski definition) is 2. The van der Waals surface area contributed by atoms with Crippen molar-refractivity contribution in [3.8, 4) is 0 Å². The van der Waals surface area contributed by atoms with Crippen molar-refractivity contribution in [3.63, 3.8) is 0 Å². The van der Waals surface area contributed by atoms with Gasteiger partial charge in [0, 0.05) is 11.9 Å². The number of halogens is 1. The summed E-state index contributed by atoms with van der Waals surface area (Å²) in [7, 11) is -1.07. The highest BCUT2D eigenvalue weighted by atomic mass is 35.5. The van der Waals surface area contributed by atoms with Gasteiger partial charge in [-0.3, -0.25) is 0 Å². The van der Waals surface area contributed by atoms with E-state index >= 15 is 0 Å². The number of nitrogens with one attached hydrogen (secondary N) is 1. The largest absolute Gasteiger partial charge is 0.302 e. The number of aryl methyl sites for hydroxylation is 1. The Kier molecular flexibility index (Phi) is 3.69. The van der Waals surface area contributed by atoms with Crippen molar-refractivity contribution in [2.45, 2.75) is 13.8 Å². The van der Waals surface area contributed by atoms with E-state index < -0.39 is 11.0 Å². The lowest BCUT2D eigenvalue weighted by atomic mass is 10.3. The van der Waals surface area contributed by atoms with Crippen LogP contribution in [0.5, 0.6) is 0 Å². The van der Waals surface area contributed by atoms with Crippen LogP contribution in [-0.2, 0) is 11.0 Å². The number of hydrogen-bond donors (Lipinski definition) is 1. The van der Waals surface area contributed by atoms with E-state index in [1.54, 1.807) is 6.20 Å². The molecule has 0 fully saturated rings. The molecule has 0 amide bonds. The van der Waals surface area contributed by atoms with Crippen molar-refractivity contribution < 1.29 is 4.21 Å². The Bertz CT molecular complexity index is 330. The summed E-state index contributed by atoms with van der Waals surface area (Å²) in [5, 5.41) is 0.354. The van der Waals surface area contributed by atoms with Gasteiger partial charge in [0.05, 0.1) is 5.69 Å². The molecule has 13 heavy (non-hydrogen) atoms. The minimum atomic E-state index is -1.07. The molecule has 0 aliphatic rings. The van der Waals surface area contributed by atoms with E-state index in [0.717, 1.165) is 5.56 Å². The summed E-state index contributed by atoms with van der Waals surface area (Å²) in [4.78, 5) is 3.93. The summed E-state index contributed by atoms with van der Waals surface area (Å²) in [6.07, 6.45) is 1.67. The average Bonchev–Trinajstić information content (AvgIpc) is 2.11. The second-order valence-electron chi connectivity index (χ2n) is 2.59. The molecular formula is C8H11ClN2OS. The molecule has 72 valence electrons. The van der Waals surface area contributed by atoms with Gasteiger partial charge in [-0.2, -0.15) is 0 Å². The van der Waals surface area contributed by atoms with Crippen LogP contribution >= 0.6 is 11.6 Å². The van der Waals surface area contributed by atoms with Crippen LogP contribution in [0.1, 0.15) is 12.5 Å². The van der Waals surface area contributed by atoms with Crippen molar-refractivity contribution in [3.05, 3.63) is 23.0 Å². The van der Waals surface area contributed by atoms with E-state index in [0.29, 0.717) is 16.6 Å². The summed E-state index contributed by atoms with van der Waals surface area (Å²) in [5.74, 6) is 0.546. The Balaban J connectivity index is 2.87. The smallest absolute Gasteiger partial charge is 0.152 e. The first kappa shape index (κ1) is 10.5. The Morgan fingerprint density at radius 2 is 2.38 bits per heavy atom. The molecule has 0 aliphatic carbocycles. The average molecular weight is 219 g/mol. The molecule has 0 aromatic carbocycles. The highest BCUT2D eigenvalue weighted by molar-refractivity contribution is 7.86. The zero-order valence-electron chi connectivity index (χ0n) is 7.50. The summed E-state index contributed by atoms with van der Waals surface area (Å²) >= 11 is 5.79. The van der Waals surface area contributed by atoms with Crippen molar-refractivity contribution in [1.82, 2.24) is 4.98 Å². The van der Waals surface area contributed by atoms with Crippen LogP contribution < -0.4 is 4.72 Å². The number of rotatable bonds is 3. The molecule has 1 aromatic heterocycles. The molecule has 5 heteroatoms. The minimum Gasteiger partial charge on any atom is -0.302 e. The van der Waals surface area contributed by atoms with Crippen LogP contribution in [0.4, 0.5) is 5.69 Å². The van der Waals surface area contributed by atoms with Gasteiger partial charge in [-0.1, -0.05) is 18.5 Å². The summed E-state index contributed by atoms with van der Waals surface area (Å²) in [6.45, 7) is 3.74. The Labute approximate surface area is 85.1 Å². The first-order valence-corrected chi connectivity index (χ1v) is 5.60. The van der Waals surface area contributed by atoms with Crippen LogP contribution in [-0.4, -0.2) is 14.9 Å². The lowest BCUT2D eigenvalue weighted by Crippen LogP contribution is -2.07. The van der Waals surface area contributed by atoms with E-state index in [2.05, 4.69) is 9.71 Å². The fraction of sp³-hybridized carbons (Fsp3) is 0.375. The lowest BCUT2D eigenvalue weighted by molar-refractivity contribution is 0.687. The molecule has 0 saturated heterocycles. The van der Waals surface area contributed by atoms with Crippen LogP contribution in [0, 0.1) is 6.92 Å². The van der Waals surface area contributed by atoms with Crippen molar-refractivity contribution in [1.29, 1.82) is 0 Å². The SMILES string of the molecule is CCS(=O)Nc1cc(C)cnc1Cl. The van der Waals surface area contributed by atoms with E-state index in [9.17, 15) is 4.21 Å². The van der Waals surface area contributed by atoms with Gasteiger partial charge in [-0.15, -0.1) is 0 Å². The predicted octanol–water partition coefficient (Wildman–Crippen LogP) is 2.14. The van der Waals surface area contributed by atoms with Gasteiger partial charge in [-0.25, -0.2) is 9.19 Å². The molecular weight excluding hydrogens is 208 g/mol. The first-order chi connectivity index (χ1) is 6.13. The van der Waals surface area contributed by atoms with Gasteiger partial charge in [0.2, 0.25) is 0 Å². The first-order valence-electron chi connectivity index (χ1n) is 3.90. The minimum absolute atomic E-state index is 0.354.